The first-order valence-corrected chi connectivity index (χ1v) is 4.68. The number of hydrogen-bond donors (Lipinski definition) is 2. The maximum atomic E-state index is 10.6. The molecule has 0 saturated carbocycles. The van der Waals surface area contributed by atoms with Crippen LogP contribution in [0.25, 0.3) is 0 Å². The van der Waals surface area contributed by atoms with Crippen molar-refractivity contribution in [3.05, 3.63) is 5.69 Å². The smallest absolute Gasteiger partial charge is 0.360 e. The second-order valence-corrected chi connectivity index (χ2v) is 3.30. The van der Waals surface area contributed by atoms with E-state index >= 15 is 0 Å². The molecule has 1 atom stereocenters. The zero-order valence-corrected chi connectivity index (χ0v) is 7.95. The van der Waals surface area contributed by atoms with Gasteiger partial charge in [0.1, 0.15) is 0 Å². The standard InChI is InChI=1S/C5H8N4O4S/c1-9(2-14(12)13)4-3(5(10)11)6-8-7-4/h2H2,1H3,(H,10,11)(H,12,13)(H,6,7,8)/p-1. The minimum absolute atomic E-state index is 0.0123. The number of anilines is 1. The molecule has 1 unspecified atom stereocenters. The van der Waals surface area contributed by atoms with Gasteiger partial charge >= 0.3 is 5.97 Å². The fraction of sp³-hybridized carbons (Fsp3) is 0.400. The molecule has 0 aliphatic rings. The Balaban J connectivity index is 2.89. The number of nitrogens with one attached hydrogen (secondary N) is 1. The van der Waals surface area contributed by atoms with Gasteiger partial charge in [-0.2, -0.15) is 5.21 Å². The predicted molar refractivity (Wildman–Crippen MR) is 45.5 cm³/mol. The molecular weight excluding hydrogens is 212 g/mol. The maximum absolute atomic E-state index is 10.6. The largest absolute Gasteiger partial charge is 0.771 e. The molecule has 0 aromatic carbocycles. The van der Waals surface area contributed by atoms with E-state index in [-0.39, 0.29) is 17.4 Å². The Hall–Kier alpha value is -1.48. The third kappa shape index (κ3) is 2.26. The van der Waals surface area contributed by atoms with Crippen molar-refractivity contribution >= 4 is 22.9 Å². The molecule has 0 bridgehead atoms. The molecule has 0 fully saturated rings. The topological polar surface area (TPSA) is 122 Å². The van der Waals surface area contributed by atoms with Crippen LogP contribution < -0.4 is 4.90 Å². The SMILES string of the molecule is CN(CS(=O)[O-])c1n[nH]nc1C(=O)O. The minimum atomic E-state index is -2.30. The molecule has 1 aromatic rings. The van der Waals surface area contributed by atoms with Crippen molar-refractivity contribution in [1.82, 2.24) is 15.4 Å². The summed E-state index contributed by atoms with van der Waals surface area (Å²) in [6.07, 6.45) is 0. The van der Waals surface area contributed by atoms with Crippen LogP contribution in [0.2, 0.25) is 0 Å². The van der Waals surface area contributed by atoms with E-state index in [2.05, 4.69) is 15.4 Å². The summed E-state index contributed by atoms with van der Waals surface area (Å²) >= 11 is -2.30. The highest BCUT2D eigenvalue weighted by molar-refractivity contribution is 7.79. The van der Waals surface area contributed by atoms with Gasteiger partial charge in [0, 0.05) is 7.05 Å². The number of hydrogen-bond acceptors (Lipinski definition) is 6. The maximum Gasteiger partial charge on any atom is 0.360 e. The second-order valence-electron chi connectivity index (χ2n) is 2.43. The number of carbonyl (C=O) groups is 1. The predicted octanol–water partition coefficient (Wildman–Crippen LogP) is -1.22. The second kappa shape index (κ2) is 4.15. The molecule has 0 aliphatic heterocycles. The number of aromatic amines is 1. The number of carboxylic acid groups (broad SMARTS) is 1. The summed E-state index contributed by atoms with van der Waals surface area (Å²) in [5.74, 6) is -1.62. The molecule has 8 nitrogen and oxygen atoms in total. The van der Waals surface area contributed by atoms with Crippen molar-refractivity contribution in [2.45, 2.75) is 0 Å². The Bertz CT molecular complexity index is 364. The van der Waals surface area contributed by atoms with Gasteiger partial charge in [-0.15, -0.1) is 10.2 Å². The van der Waals surface area contributed by atoms with Gasteiger partial charge in [-0.3, -0.25) is 4.21 Å². The third-order valence-electron chi connectivity index (χ3n) is 1.39. The summed E-state index contributed by atoms with van der Waals surface area (Å²) in [6.45, 7) is 0. The van der Waals surface area contributed by atoms with Crippen LogP contribution in [-0.4, -0.2) is 48.2 Å². The number of carboxylic acids is 1. The Labute approximate surface area is 81.2 Å². The first kappa shape index (κ1) is 10.6. The molecule has 0 saturated heterocycles. The molecule has 1 rings (SSSR count). The summed E-state index contributed by atoms with van der Waals surface area (Å²) in [5.41, 5.74) is -0.307. The summed E-state index contributed by atoms with van der Waals surface area (Å²) < 4.78 is 20.7. The van der Waals surface area contributed by atoms with Crippen LogP contribution in [0.3, 0.4) is 0 Å². The number of aromatic nitrogens is 3. The molecule has 0 spiro atoms. The van der Waals surface area contributed by atoms with E-state index in [0.717, 1.165) is 4.90 Å². The fourth-order valence-corrected chi connectivity index (χ4v) is 1.29. The molecule has 14 heavy (non-hydrogen) atoms. The van der Waals surface area contributed by atoms with E-state index in [0.29, 0.717) is 0 Å². The summed E-state index contributed by atoms with van der Waals surface area (Å²) in [4.78, 5) is 11.7. The molecule has 1 heterocycles. The monoisotopic (exact) mass is 219 g/mol. The lowest BCUT2D eigenvalue weighted by Crippen LogP contribution is -2.24. The normalized spacial score (nSPS) is 12.4. The number of rotatable bonds is 4. The van der Waals surface area contributed by atoms with E-state index in [1.807, 2.05) is 0 Å². The van der Waals surface area contributed by atoms with Crippen LogP contribution in [0.1, 0.15) is 10.5 Å². The molecule has 1 aromatic heterocycles. The van der Waals surface area contributed by atoms with Crippen molar-refractivity contribution in [3.8, 4) is 0 Å². The molecule has 9 heteroatoms. The molecule has 0 radical (unpaired) electrons. The van der Waals surface area contributed by atoms with E-state index in [9.17, 15) is 13.6 Å². The molecule has 0 aliphatic carbocycles. The molecular formula is C5H7N4O4S-. The van der Waals surface area contributed by atoms with E-state index in [1.54, 1.807) is 0 Å². The Morgan fingerprint density at radius 3 is 2.86 bits per heavy atom. The first-order valence-electron chi connectivity index (χ1n) is 3.43. The van der Waals surface area contributed by atoms with E-state index in [4.69, 9.17) is 5.11 Å². The minimum Gasteiger partial charge on any atom is -0.771 e. The van der Waals surface area contributed by atoms with Gasteiger partial charge in [-0.05, 0) is 11.1 Å². The summed E-state index contributed by atoms with van der Waals surface area (Å²) in [7, 11) is 1.40. The molecule has 0 amide bonds. The number of nitrogens with zero attached hydrogens (tertiary/aromatic N) is 3. The first-order chi connectivity index (χ1) is 6.52. The highest BCUT2D eigenvalue weighted by Crippen LogP contribution is 2.12. The quantitative estimate of drug-likeness (QED) is 0.608. The van der Waals surface area contributed by atoms with E-state index in [1.165, 1.54) is 7.05 Å². The molecule has 78 valence electrons. The Morgan fingerprint density at radius 1 is 1.71 bits per heavy atom. The molecule has 2 N–H and O–H groups in total. The van der Waals surface area contributed by atoms with Gasteiger partial charge in [0.2, 0.25) is 5.69 Å². The highest BCUT2D eigenvalue weighted by Gasteiger charge is 2.18. The van der Waals surface area contributed by atoms with Crippen molar-refractivity contribution in [2.75, 3.05) is 17.8 Å². The Kier molecular flexibility index (Phi) is 3.14. The summed E-state index contributed by atoms with van der Waals surface area (Å²) in [5, 5.41) is 17.6. The number of H-pyrrole nitrogens is 1. The van der Waals surface area contributed by atoms with Crippen LogP contribution in [0.4, 0.5) is 5.82 Å². The van der Waals surface area contributed by atoms with Gasteiger partial charge in [-0.25, -0.2) is 4.79 Å². The zero-order valence-electron chi connectivity index (χ0n) is 7.13. The highest BCUT2D eigenvalue weighted by atomic mass is 32.2. The van der Waals surface area contributed by atoms with E-state index < -0.39 is 17.0 Å². The lowest BCUT2D eigenvalue weighted by Gasteiger charge is -2.17. The van der Waals surface area contributed by atoms with Gasteiger partial charge in [0.15, 0.2) is 5.82 Å². The fourth-order valence-electron chi connectivity index (χ4n) is 0.854. The van der Waals surface area contributed by atoms with Crippen LogP contribution in [-0.2, 0) is 11.1 Å². The number of aromatic carboxylic acids is 1. The van der Waals surface area contributed by atoms with Crippen LogP contribution in [0.15, 0.2) is 0 Å². The average molecular weight is 219 g/mol. The van der Waals surface area contributed by atoms with Crippen molar-refractivity contribution in [2.24, 2.45) is 0 Å². The van der Waals surface area contributed by atoms with Crippen LogP contribution in [0, 0.1) is 0 Å². The van der Waals surface area contributed by atoms with Gasteiger partial charge in [0.25, 0.3) is 0 Å². The van der Waals surface area contributed by atoms with Crippen molar-refractivity contribution in [1.29, 1.82) is 0 Å². The lowest BCUT2D eigenvalue weighted by atomic mass is 10.4. The van der Waals surface area contributed by atoms with Crippen LogP contribution >= 0.6 is 0 Å². The lowest BCUT2D eigenvalue weighted by molar-refractivity contribution is 0.0691. The van der Waals surface area contributed by atoms with Gasteiger partial charge < -0.3 is 14.6 Å². The third-order valence-corrected chi connectivity index (χ3v) is 1.99. The van der Waals surface area contributed by atoms with Gasteiger partial charge in [0.05, 0.1) is 5.88 Å². The van der Waals surface area contributed by atoms with Crippen molar-refractivity contribution < 1.29 is 18.7 Å². The summed E-state index contributed by atoms with van der Waals surface area (Å²) in [6, 6.07) is 0. The van der Waals surface area contributed by atoms with Crippen LogP contribution in [0.5, 0.6) is 0 Å². The zero-order chi connectivity index (χ0) is 10.7. The van der Waals surface area contributed by atoms with Crippen molar-refractivity contribution in [3.63, 3.8) is 0 Å². The Morgan fingerprint density at radius 2 is 2.36 bits per heavy atom. The average Bonchev–Trinajstić information content (AvgIpc) is 2.49. The van der Waals surface area contributed by atoms with Gasteiger partial charge in [-0.1, -0.05) is 0 Å².